The first-order chi connectivity index (χ1) is 19.5. The van der Waals surface area contributed by atoms with Gasteiger partial charge in [-0.15, -0.1) is 0 Å². The number of carbonyl (C=O) groups is 2. The van der Waals surface area contributed by atoms with Crippen molar-refractivity contribution in [2.45, 2.75) is 120 Å². The SMILES string of the molecule is CC12C=CC(=O)C=C1CCC1[C@@H]3C[C@H]4O[C@@H](C5CCCCC5)O[C@@]4(C(=O)CN4CCC(F)CC4)C3(C)CC(O)[C@@]12F. The number of ketones is 2. The Bertz CT molecular complexity index is 1160. The molecule has 4 saturated carbocycles. The molecular weight excluding hydrogens is 528 g/mol. The molecule has 0 radical (unpaired) electrons. The molecule has 6 nitrogen and oxygen atoms in total. The molecule has 0 spiro atoms. The fraction of sp³-hybridized carbons (Fsp3) is 0.818. The van der Waals surface area contributed by atoms with Gasteiger partial charge in [0.15, 0.2) is 29.1 Å². The first-order valence-electron chi connectivity index (χ1n) is 16.1. The Morgan fingerprint density at radius 2 is 1.83 bits per heavy atom. The van der Waals surface area contributed by atoms with Crippen LogP contribution in [-0.4, -0.2) is 77.1 Å². The van der Waals surface area contributed by atoms with Crippen molar-refractivity contribution in [2.75, 3.05) is 19.6 Å². The summed E-state index contributed by atoms with van der Waals surface area (Å²) in [5.41, 5.74) is -4.39. The molecule has 5 aliphatic carbocycles. The molecule has 2 saturated heterocycles. The van der Waals surface area contributed by atoms with Gasteiger partial charge in [0, 0.05) is 35.8 Å². The molecule has 9 atom stereocenters. The second-order valence-electron chi connectivity index (χ2n) is 14.6. The molecule has 8 heteroatoms. The summed E-state index contributed by atoms with van der Waals surface area (Å²) >= 11 is 0. The number of likely N-dealkylation sites (tertiary alicyclic amines) is 1. The van der Waals surface area contributed by atoms with Gasteiger partial charge in [-0.2, -0.15) is 0 Å². The van der Waals surface area contributed by atoms with Crippen LogP contribution in [-0.2, 0) is 19.1 Å². The van der Waals surface area contributed by atoms with Crippen molar-refractivity contribution >= 4 is 11.6 Å². The van der Waals surface area contributed by atoms with Crippen LogP contribution in [0, 0.1) is 28.6 Å². The summed E-state index contributed by atoms with van der Waals surface area (Å²) in [6, 6.07) is 0. The number of rotatable bonds is 4. The molecule has 0 aromatic rings. The minimum absolute atomic E-state index is 0.0626. The molecule has 7 rings (SSSR count). The van der Waals surface area contributed by atoms with Gasteiger partial charge in [-0.25, -0.2) is 8.78 Å². The molecule has 1 N–H and O–H groups in total. The lowest BCUT2D eigenvalue weighted by Gasteiger charge is -2.62. The van der Waals surface area contributed by atoms with E-state index in [-0.39, 0.29) is 36.4 Å². The van der Waals surface area contributed by atoms with E-state index in [0.717, 1.165) is 31.3 Å². The predicted molar refractivity (Wildman–Crippen MR) is 148 cm³/mol. The van der Waals surface area contributed by atoms with Crippen LogP contribution in [0.25, 0.3) is 0 Å². The number of Topliss-reactive ketones (excluding diaryl/α,β-unsaturated/α-hetero) is 1. The third-order valence-corrected chi connectivity index (χ3v) is 12.7. The smallest absolute Gasteiger partial charge is 0.181 e. The number of fused-ring (bicyclic) bond motifs is 7. The van der Waals surface area contributed by atoms with E-state index >= 15 is 4.39 Å². The van der Waals surface area contributed by atoms with Crippen molar-refractivity contribution in [3.8, 4) is 0 Å². The van der Waals surface area contributed by atoms with Crippen LogP contribution in [0.2, 0.25) is 0 Å². The highest BCUT2D eigenvalue weighted by molar-refractivity contribution is 6.01. The lowest BCUT2D eigenvalue weighted by atomic mass is 9.44. The van der Waals surface area contributed by atoms with Gasteiger partial charge < -0.3 is 14.6 Å². The number of hydrogen-bond acceptors (Lipinski definition) is 6. The topological polar surface area (TPSA) is 76.1 Å². The highest BCUT2D eigenvalue weighted by atomic mass is 19.1. The molecule has 41 heavy (non-hydrogen) atoms. The van der Waals surface area contributed by atoms with Crippen molar-refractivity contribution in [3.05, 3.63) is 23.8 Å². The van der Waals surface area contributed by atoms with E-state index in [4.69, 9.17) is 9.47 Å². The van der Waals surface area contributed by atoms with Crippen LogP contribution in [0.5, 0.6) is 0 Å². The van der Waals surface area contributed by atoms with E-state index in [0.29, 0.717) is 45.2 Å². The van der Waals surface area contributed by atoms with E-state index in [1.807, 2.05) is 18.7 Å². The van der Waals surface area contributed by atoms with Gasteiger partial charge in [-0.1, -0.05) is 37.8 Å². The van der Waals surface area contributed by atoms with E-state index in [1.54, 1.807) is 12.2 Å². The molecule has 0 aromatic carbocycles. The number of aliphatic hydroxyl groups excluding tert-OH is 1. The lowest BCUT2D eigenvalue weighted by molar-refractivity contribution is -0.235. The van der Waals surface area contributed by atoms with Crippen molar-refractivity contribution in [1.82, 2.24) is 4.90 Å². The number of piperidine rings is 1. The molecule has 4 unspecified atom stereocenters. The Morgan fingerprint density at radius 3 is 2.56 bits per heavy atom. The normalized spacial score (nSPS) is 48.8. The fourth-order valence-corrected chi connectivity index (χ4v) is 10.5. The zero-order valence-electron chi connectivity index (χ0n) is 24.5. The Hall–Kier alpha value is -1.48. The average Bonchev–Trinajstić information content (AvgIpc) is 3.45. The fourth-order valence-electron chi connectivity index (χ4n) is 10.5. The van der Waals surface area contributed by atoms with E-state index < -0.39 is 52.7 Å². The molecule has 7 aliphatic rings. The second-order valence-corrected chi connectivity index (χ2v) is 14.6. The minimum Gasteiger partial charge on any atom is -0.390 e. The Kier molecular flexibility index (Phi) is 6.74. The average molecular weight is 574 g/mol. The Balaban J connectivity index is 1.25. The van der Waals surface area contributed by atoms with E-state index in [1.165, 1.54) is 12.5 Å². The van der Waals surface area contributed by atoms with Gasteiger partial charge >= 0.3 is 0 Å². The maximum Gasteiger partial charge on any atom is 0.181 e. The molecular formula is C33H45F2NO5. The summed E-state index contributed by atoms with van der Waals surface area (Å²) in [7, 11) is 0. The summed E-state index contributed by atoms with van der Waals surface area (Å²) in [5.74, 6) is -0.704. The van der Waals surface area contributed by atoms with Gasteiger partial charge in [-0.3, -0.25) is 14.5 Å². The number of hydrogen-bond donors (Lipinski definition) is 1. The number of alkyl halides is 2. The van der Waals surface area contributed by atoms with Crippen LogP contribution >= 0.6 is 0 Å². The summed E-state index contributed by atoms with van der Waals surface area (Å²) in [5, 5.41) is 11.8. The van der Waals surface area contributed by atoms with Gasteiger partial charge in [-0.05, 0) is 76.4 Å². The van der Waals surface area contributed by atoms with Crippen LogP contribution in [0.3, 0.4) is 0 Å². The molecule has 0 aromatic heterocycles. The Morgan fingerprint density at radius 1 is 1.10 bits per heavy atom. The van der Waals surface area contributed by atoms with E-state index in [9.17, 15) is 19.1 Å². The molecule has 2 heterocycles. The summed E-state index contributed by atoms with van der Waals surface area (Å²) in [4.78, 5) is 28.8. The molecule has 226 valence electrons. The Labute approximate surface area is 241 Å². The van der Waals surface area contributed by atoms with Crippen LogP contribution in [0.15, 0.2) is 23.8 Å². The van der Waals surface area contributed by atoms with Crippen LogP contribution < -0.4 is 0 Å². The number of allylic oxidation sites excluding steroid dienone is 4. The standard InChI is InChI=1S/C33H45F2NO5/c1-30-13-10-23(37)16-21(30)8-9-24-25-17-28-33(31(25,2)18-26(38)32(24,30)35,27(39)19-36-14-11-22(34)12-15-36)41-29(40-28)20-6-4-3-5-7-20/h10,13,16,20,22,24-26,28-29,38H,3-9,11-12,14-15,17-19H2,1-2H3/t24?,25-,26?,28+,29+,30?,31?,32-,33+/m0/s1. The van der Waals surface area contributed by atoms with Crippen molar-refractivity contribution in [3.63, 3.8) is 0 Å². The number of halogens is 2. The first-order valence-corrected chi connectivity index (χ1v) is 16.1. The molecule has 0 amide bonds. The highest BCUT2D eigenvalue weighted by Gasteiger charge is 2.79. The van der Waals surface area contributed by atoms with Gasteiger partial charge in [0.25, 0.3) is 0 Å². The third-order valence-electron chi connectivity index (χ3n) is 12.7. The number of carbonyl (C=O) groups excluding carboxylic acids is 2. The van der Waals surface area contributed by atoms with Crippen molar-refractivity contribution < 1.29 is 33.0 Å². The highest BCUT2D eigenvalue weighted by Crippen LogP contribution is 2.72. The maximum absolute atomic E-state index is 17.7. The van der Waals surface area contributed by atoms with Crippen LogP contribution in [0.1, 0.15) is 84.5 Å². The predicted octanol–water partition coefficient (Wildman–Crippen LogP) is 5.03. The number of ether oxygens (including phenoxy) is 2. The molecule has 0 bridgehead atoms. The lowest BCUT2D eigenvalue weighted by Crippen LogP contribution is -2.70. The van der Waals surface area contributed by atoms with Gasteiger partial charge in [0.05, 0.1) is 18.8 Å². The second kappa shape index (κ2) is 9.76. The quantitative estimate of drug-likeness (QED) is 0.509. The first kappa shape index (κ1) is 28.3. The third kappa shape index (κ3) is 3.85. The number of aliphatic hydroxyl groups is 1. The maximum atomic E-state index is 17.7. The summed E-state index contributed by atoms with van der Waals surface area (Å²) in [6.45, 7) is 5.06. The molecule has 6 fully saturated rings. The monoisotopic (exact) mass is 573 g/mol. The van der Waals surface area contributed by atoms with Gasteiger partial charge in [0.1, 0.15) is 6.17 Å². The largest absolute Gasteiger partial charge is 0.390 e. The van der Waals surface area contributed by atoms with E-state index in [2.05, 4.69) is 0 Å². The van der Waals surface area contributed by atoms with Crippen molar-refractivity contribution in [1.29, 1.82) is 0 Å². The number of nitrogens with zero attached hydrogens (tertiary/aromatic N) is 1. The minimum atomic E-state index is -1.97. The zero-order chi connectivity index (χ0) is 28.8. The van der Waals surface area contributed by atoms with Crippen molar-refractivity contribution in [2.24, 2.45) is 28.6 Å². The summed E-state index contributed by atoms with van der Waals surface area (Å²) < 4.78 is 45.2. The zero-order valence-corrected chi connectivity index (χ0v) is 24.5. The van der Waals surface area contributed by atoms with Gasteiger partial charge in [0.2, 0.25) is 0 Å². The summed E-state index contributed by atoms with van der Waals surface area (Å²) in [6.07, 6.45) is 9.48. The molecule has 2 aliphatic heterocycles. The van der Waals surface area contributed by atoms with Crippen LogP contribution in [0.4, 0.5) is 8.78 Å².